The topological polar surface area (TPSA) is 80.7 Å². The van der Waals surface area contributed by atoms with Crippen molar-refractivity contribution >= 4 is 30.1 Å². The molecular formula is C27H40ClN3O5. The van der Waals surface area contributed by atoms with Gasteiger partial charge in [0.25, 0.3) is 0 Å². The van der Waals surface area contributed by atoms with E-state index in [1.54, 1.807) is 6.34 Å². The summed E-state index contributed by atoms with van der Waals surface area (Å²) in [6.45, 7) is 2.91. The molecule has 1 fully saturated rings. The van der Waals surface area contributed by atoms with Gasteiger partial charge in [-0.05, 0) is 75.7 Å². The van der Waals surface area contributed by atoms with Gasteiger partial charge in [0, 0.05) is 24.0 Å². The van der Waals surface area contributed by atoms with Gasteiger partial charge in [-0.2, -0.15) is 0 Å². The molecular weight excluding hydrogens is 482 g/mol. The van der Waals surface area contributed by atoms with Crippen LogP contribution in [0.15, 0.2) is 29.3 Å². The number of nitrogens with zero attached hydrogens (tertiary/aromatic N) is 3. The number of aliphatic imine (C=N–C) groups is 1. The molecule has 0 amide bonds. The highest BCUT2D eigenvalue weighted by Crippen LogP contribution is 2.46. The van der Waals surface area contributed by atoms with Crippen LogP contribution in [0.5, 0.6) is 0 Å². The zero-order chi connectivity index (χ0) is 26.3. The fourth-order valence-electron chi connectivity index (χ4n) is 6.02. The fraction of sp³-hybridized carbons (Fsp3) is 0.667. The van der Waals surface area contributed by atoms with Crippen molar-refractivity contribution in [3.63, 3.8) is 0 Å². The Morgan fingerprint density at radius 2 is 1.81 bits per heavy atom. The van der Waals surface area contributed by atoms with Crippen LogP contribution in [0.2, 0.25) is 5.02 Å². The van der Waals surface area contributed by atoms with Gasteiger partial charge in [0.2, 0.25) is 5.72 Å². The molecule has 1 aliphatic heterocycles. The van der Waals surface area contributed by atoms with E-state index in [1.807, 2.05) is 12.1 Å². The molecule has 8 nitrogen and oxygen atoms in total. The van der Waals surface area contributed by atoms with E-state index >= 15 is 0 Å². The predicted octanol–water partition coefficient (Wildman–Crippen LogP) is 5.30. The number of rotatable bonds is 10. The molecule has 1 saturated carbocycles. The number of carbonyl (C=O) groups excluding carboxylic acids is 2. The summed E-state index contributed by atoms with van der Waals surface area (Å²) in [6, 6.07) is 8.29. The highest BCUT2D eigenvalue weighted by atomic mass is 35.5. The van der Waals surface area contributed by atoms with Crippen LogP contribution >= 0.6 is 11.6 Å². The molecule has 2 aliphatic rings. The maximum atomic E-state index is 12.3. The van der Waals surface area contributed by atoms with Crippen LogP contribution < -0.4 is 0 Å². The molecule has 0 bridgehead atoms. The van der Waals surface area contributed by atoms with Gasteiger partial charge >= 0.3 is 12.1 Å². The molecule has 0 spiro atoms. The van der Waals surface area contributed by atoms with Crippen molar-refractivity contribution in [2.24, 2.45) is 16.8 Å². The zero-order valence-electron chi connectivity index (χ0n) is 22.1. The van der Waals surface area contributed by atoms with Gasteiger partial charge in [-0.25, -0.2) is 9.79 Å². The Kier molecular flexibility index (Phi) is 10.0. The van der Waals surface area contributed by atoms with Crippen molar-refractivity contribution in [1.29, 1.82) is 0 Å². The van der Waals surface area contributed by atoms with Crippen LogP contribution in [0.4, 0.5) is 4.79 Å². The van der Waals surface area contributed by atoms with Crippen molar-refractivity contribution in [3.05, 3.63) is 34.9 Å². The maximum absolute atomic E-state index is 12.3. The molecule has 1 aliphatic carbocycles. The van der Waals surface area contributed by atoms with Crippen molar-refractivity contribution in [3.8, 4) is 0 Å². The Bertz CT molecular complexity index is 901. The lowest BCUT2D eigenvalue weighted by molar-refractivity contribution is -0.143. The molecule has 200 valence electrons. The lowest BCUT2D eigenvalue weighted by atomic mass is 9.71. The van der Waals surface area contributed by atoms with E-state index in [-0.39, 0.29) is 30.8 Å². The number of methoxy groups -OCH3 is 2. The monoisotopic (exact) mass is 521 g/mol. The van der Waals surface area contributed by atoms with Gasteiger partial charge in [0.1, 0.15) is 0 Å². The van der Waals surface area contributed by atoms with Gasteiger partial charge in [0.05, 0.1) is 33.0 Å². The second-order valence-corrected chi connectivity index (χ2v) is 10.5. The third-order valence-electron chi connectivity index (χ3n) is 7.54. The first-order chi connectivity index (χ1) is 17.2. The first kappa shape index (κ1) is 28.3. The van der Waals surface area contributed by atoms with Crippen LogP contribution in [0.1, 0.15) is 63.5 Å². The third kappa shape index (κ3) is 6.51. The van der Waals surface area contributed by atoms with Gasteiger partial charge in [-0.1, -0.05) is 30.7 Å². The third-order valence-corrected chi connectivity index (χ3v) is 7.80. The zero-order valence-corrected chi connectivity index (χ0v) is 22.9. The highest BCUT2D eigenvalue weighted by Gasteiger charge is 2.53. The van der Waals surface area contributed by atoms with Crippen LogP contribution in [0, 0.1) is 11.8 Å². The van der Waals surface area contributed by atoms with Crippen LogP contribution in [0.25, 0.3) is 0 Å². The molecule has 0 aromatic heterocycles. The molecule has 3 unspecified atom stereocenters. The van der Waals surface area contributed by atoms with Gasteiger partial charge in [0.15, 0.2) is 0 Å². The summed E-state index contributed by atoms with van der Waals surface area (Å²) in [5, 5.41) is 0.742. The molecule has 3 atom stereocenters. The molecule has 9 heteroatoms. The fourth-order valence-corrected chi connectivity index (χ4v) is 6.15. The Morgan fingerprint density at radius 3 is 2.36 bits per heavy atom. The Morgan fingerprint density at radius 1 is 1.14 bits per heavy atom. The number of benzene rings is 1. The molecule has 0 N–H and O–H groups in total. The van der Waals surface area contributed by atoms with E-state index in [9.17, 15) is 9.59 Å². The highest BCUT2D eigenvalue weighted by molar-refractivity contribution is 6.30. The second-order valence-electron chi connectivity index (χ2n) is 10.0. The van der Waals surface area contributed by atoms with E-state index in [2.05, 4.69) is 43.0 Å². The number of esters is 1. The number of hydrogen-bond donors (Lipinski definition) is 0. The lowest BCUT2D eigenvalue weighted by Gasteiger charge is -2.44. The minimum absolute atomic E-state index is 0.107. The van der Waals surface area contributed by atoms with Crippen molar-refractivity contribution in [2.45, 2.75) is 69.7 Å². The minimum Gasteiger partial charge on any atom is -0.469 e. The van der Waals surface area contributed by atoms with Gasteiger partial charge in [-0.3, -0.25) is 4.79 Å². The Balaban J connectivity index is 1.82. The van der Waals surface area contributed by atoms with Gasteiger partial charge < -0.3 is 24.0 Å². The summed E-state index contributed by atoms with van der Waals surface area (Å²) in [7, 11) is 6.90. The van der Waals surface area contributed by atoms with E-state index in [1.165, 1.54) is 19.8 Å². The average Bonchev–Trinajstić information content (AvgIpc) is 3.22. The molecule has 0 radical (unpaired) electrons. The van der Waals surface area contributed by atoms with Crippen molar-refractivity contribution < 1.29 is 23.8 Å². The molecule has 1 aromatic rings. The van der Waals surface area contributed by atoms with E-state index in [4.69, 9.17) is 30.8 Å². The summed E-state index contributed by atoms with van der Waals surface area (Å²) >= 11 is 6.14. The SMILES string of the molecule is CCCN1C=NC(CCC(=O)OC)(OC(=O)OC)C1C1CCC(C(c2ccc(Cl)cc2)N(C)C)CC1. The summed E-state index contributed by atoms with van der Waals surface area (Å²) < 4.78 is 15.6. The Labute approximate surface area is 219 Å². The largest absolute Gasteiger partial charge is 0.510 e. The quantitative estimate of drug-likeness (QED) is 0.386. The van der Waals surface area contributed by atoms with Crippen LogP contribution in [-0.4, -0.2) is 74.9 Å². The van der Waals surface area contributed by atoms with E-state index in [0.717, 1.165) is 43.7 Å². The summed E-state index contributed by atoms with van der Waals surface area (Å²) in [4.78, 5) is 33.5. The standard InChI is InChI=1S/C27H40ClN3O5/c1-6-17-31-18-29-27(36-26(33)35-5,16-15-23(32)34-4)25(31)21-9-7-19(8-10-21)24(30(2)3)20-11-13-22(28)14-12-20/h11-14,18-19,21,24-25H,6-10,15-17H2,1-5H3. The molecule has 3 rings (SSSR count). The first-order valence-electron chi connectivity index (χ1n) is 12.8. The molecule has 1 aromatic carbocycles. The van der Waals surface area contributed by atoms with E-state index < -0.39 is 11.9 Å². The number of halogens is 1. The Hall–Kier alpha value is -2.32. The smallest absolute Gasteiger partial charge is 0.469 e. The average molecular weight is 522 g/mol. The minimum atomic E-state index is -1.18. The van der Waals surface area contributed by atoms with Crippen LogP contribution in [-0.2, 0) is 19.0 Å². The molecule has 36 heavy (non-hydrogen) atoms. The number of carbonyl (C=O) groups is 2. The normalized spacial score (nSPS) is 26.6. The summed E-state index contributed by atoms with van der Waals surface area (Å²) in [5.74, 6) is 0.391. The summed E-state index contributed by atoms with van der Waals surface area (Å²) in [5.41, 5.74) is 0.0940. The first-order valence-corrected chi connectivity index (χ1v) is 13.2. The van der Waals surface area contributed by atoms with E-state index in [0.29, 0.717) is 12.0 Å². The number of hydrogen-bond acceptors (Lipinski definition) is 8. The lowest BCUT2D eigenvalue weighted by Crippen LogP contribution is -2.54. The predicted molar refractivity (Wildman–Crippen MR) is 140 cm³/mol. The van der Waals surface area contributed by atoms with Crippen molar-refractivity contribution in [1.82, 2.24) is 9.80 Å². The number of ether oxygens (including phenoxy) is 3. The molecule has 0 saturated heterocycles. The van der Waals surface area contributed by atoms with Gasteiger partial charge in [-0.15, -0.1) is 0 Å². The second kappa shape index (κ2) is 12.8. The van der Waals surface area contributed by atoms with Crippen LogP contribution in [0.3, 0.4) is 0 Å². The summed E-state index contributed by atoms with van der Waals surface area (Å²) in [6.07, 6.45) is 6.32. The molecule has 1 heterocycles. The van der Waals surface area contributed by atoms with Crippen molar-refractivity contribution in [2.75, 3.05) is 34.9 Å². The maximum Gasteiger partial charge on any atom is 0.510 e.